The molecule has 0 aliphatic heterocycles. The second-order valence-electron chi connectivity index (χ2n) is 8.34. The van der Waals surface area contributed by atoms with Gasteiger partial charge in [-0.1, -0.05) is 0 Å². The molecule has 0 radical (unpaired) electrons. The molecule has 140 valence electrons. The van der Waals surface area contributed by atoms with Gasteiger partial charge in [-0.15, -0.1) is 0 Å². The number of hydrogen-bond acceptors (Lipinski definition) is 2. The van der Waals surface area contributed by atoms with Crippen LogP contribution in [0.3, 0.4) is 0 Å². The standard InChI is InChI=1S/C24H26O2Se/c1-23(2)14-15-24(3,4)21-19(23)7-6-8-20(21)27-16-13-17-9-11-18(12-10-17)22(25)26-5/h6-12H,14-15H2,1-5H3. The quantitative estimate of drug-likeness (QED) is 0.410. The maximum atomic E-state index is 11.5. The van der Waals surface area contributed by atoms with Crippen molar-refractivity contribution in [3.05, 3.63) is 64.7 Å². The third-order valence-corrected chi connectivity index (χ3v) is 7.07. The summed E-state index contributed by atoms with van der Waals surface area (Å²) >= 11 is 0.0943. The molecule has 0 aromatic heterocycles. The van der Waals surface area contributed by atoms with Gasteiger partial charge in [0.25, 0.3) is 0 Å². The van der Waals surface area contributed by atoms with Gasteiger partial charge in [-0.3, -0.25) is 0 Å². The molecule has 0 saturated heterocycles. The average Bonchev–Trinajstić information content (AvgIpc) is 2.65. The molecule has 2 aromatic carbocycles. The predicted octanol–water partition coefficient (Wildman–Crippen LogP) is 4.16. The second-order valence-corrected chi connectivity index (χ2v) is 10.1. The van der Waals surface area contributed by atoms with Crippen LogP contribution in [0.25, 0.3) is 0 Å². The van der Waals surface area contributed by atoms with E-state index >= 15 is 0 Å². The number of ether oxygens (including phenoxy) is 1. The van der Waals surface area contributed by atoms with Gasteiger partial charge >= 0.3 is 169 Å². The monoisotopic (exact) mass is 426 g/mol. The molecule has 2 aromatic rings. The summed E-state index contributed by atoms with van der Waals surface area (Å²) in [5, 5.41) is 0. The molecular formula is C24H26O2Se. The van der Waals surface area contributed by atoms with Crippen LogP contribution in [0.4, 0.5) is 0 Å². The summed E-state index contributed by atoms with van der Waals surface area (Å²) in [6, 6.07) is 14.0. The fraction of sp³-hybridized carbons (Fsp3) is 0.375. The molecule has 3 heteroatoms. The van der Waals surface area contributed by atoms with E-state index in [0.29, 0.717) is 5.56 Å². The van der Waals surface area contributed by atoms with E-state index in [9.17, 15) is 4.79 Å². The van der Waals surface area contributed by atoms with E-state index in [1.165, 1.54) is 35.5 Å². The van der Waals surface area contributed by atoms with Crippen molar-refractivity contribution in [2.75, 3.05) is 7.11 Å². The predicted molar refractivity (Wildman–Crippen MR) is 112 cm³/mol. The van der Waals surface area contributed by atoms with E-state index in [4.69, 9.17) is 4.74 Å². The average molecular weight is 425 g/mol. The third kappa shape index (κ3) is 4.13. The van der Waals surface area contributed by atoms with Crippen molar-refractivity contribution >= 4 is 25.4 Å². The van der Waals surface area contributed by atoms with Crippen LogP contribution in [0.15, 0.2) is 42.5 Å². The number of fused-ring (bicyclic) bond motifs is 1. The van der Waals surface area contributed by atoms with Crippen LogP contribution in [-0.2, 0) is 15.6 Å². The minimum absolute atomic E-state index is 0.0943. The summed E-state index contributed by atoms with van der Waals surface area (Å²) in [5.41, 5.74) is 4.91. The summed E-state index contributed by atoms with van der Waals surface area (Å²) in [5.74, 6) is 2.94. The number of esters is 1. The molecule has 0 saturated carbocycles. The van der Waals surface area contributed by atoms with Crippen LogP contribution < -0.4 is 4.46 Å². The molecule has 0 fully saturated rings. The molecule has 1 aliphatic carbocycles. The summed E-state index contributed by atoms with van der Waals surface area (Å²) in [4.78, 5) is 14.9. The Balaban J connectivity index is 1.86. The van der Waals surface area contributed by atoms with Gasteiger partial charge in [0.15, 0.2) is 0 Å². The molecule has 0 amide bonds. The molecule has 27 heavy (non-hydrogen) atoms. The molecule has 0 unspecified atom stereocenters. The van der Waals surface area contributed by atoms with Crippen molar-refractivity contribution < 1.29 is 9.53 Å². The van der Waals surface area contributed by atoms with Gasteiger partial charge in [-0.05, 0) is 0 Å². The van der Waals surface area contributed by atoms with Crippen molar-refractivity contribution in [3.8, 4) is 10.7 Å². The number of carbonyl (C=O) groups excluding carboxylic acids is 1. The molecule has 0 atom stereocenters. The number of methoxy groups -OCH3 is 1. The van der Waals surface area contributed by atoms with E-state index in [1.807, 2.05) is 12.1 Å². The first-order valence-electron chi connectivity index (χ1n) is 9.25. The SMILES string of the molecule is COC(=O)c1ccc(C#C[Se]c2cccc3c2C(C)(C)CCC3(C)C)cc1. The zero-order valence-corrected chi connectivity index (χ0v) is 18.4. The zero-order chi connectivity index (χ0) is 19.7. The fourth-order valence-electron chi connectivity index (χ4n) is 3.71. The molecule has 0 bridgehead atoms. The van der Waals surface area contributed by atoms with E-state index in [-0.39, 0.29) is 31.8 Å². The number of hydrogen-bond donors (Lipinski definition) is 0. The van der Waals surface area contributed by atoms with Gasteiger partial charge in [0, 0.05) is 0 Å². The molecule has 1 aliphatic rings. The maximum absolute atomic E-state index is 11.5. The first kappa shape index (κ1) is 19.7. The van der Waals surface area contributed by atoms with E-state index in [0.717, 1.165) is 5.56 Å². The Hall–Kier alpha value is -2.01. The molecular weight excluding hydrogens is 399 g/mol. The summed E-state index contributed by atoms with van der Waals surface area (Å²) < 4.78 is 6.13. The first-order valence-corrected chi connectivity index (χ1v) is 11.0. The van der Waals surface area contributed by atoms with Gasteiger partial charge in [0.1, 0.15) is 0 Å². The second kappa shape index (κ2) is 7.55. The summed E-state index contributed by atoms with van der Waals surface area (Å²) in [6.45, 7) is 9.43. The van der Waals surface area contributed by atoms with Crippen molar-refractivity contribution in [2.45, 2.75) is 51.4 Å². The van der Waals surface area contributed by atoms with E-state index in [2.05, 4.69) is 56.6 Å². The van der Waals surface area contributed by atoms with Crippen LogP contribution in [0.2, 0.25) is 0 Å². The topological polar surface area (TPSA) is 26.3 Å². The van der Waals surface area contributed by atoms with Crippen molar-refractivity contribution in [3.63, 3.8) is 0 Å². The van der Waals surface area contributed by atoms with Gasteiger partial charge in [-0.2, -0.15) is 0 Å². The Bertz CT molecular complexity index is 912. The van der Waals surface area contributed by atoms with Crippen LogP contribution in [-0.4, -0.2) is 28.0 Å². The van der Waals surface area contributed by atoms with Gasteiger partial charge < -0.3 is 0 Å². The third-order valence-electron chi connectivity index (χ3n) is 5.47. The van der Waals surface area contributed by atoms with Crippen LogP contribution in [0.1, 0.15) is 67.6 Å². The summed E-state index contributed by atoms with van der Waals surface area (Å²) in [6.07, 6.45) is 2.43. The van der Waals surface area contributed by atoms with Gasteiger partial charge in [0.2, 0.25) is 0 Å². The normalized spacial score (nSPS) is 16.6. The fourth-order valence-corrected chi connectivity index (χ4v) is 5.63. The van der Waals surface area contributed by atoms with E-state index in [1.54, 1.807) is 12.1 Å². The number of carbonyl (C=O) groups is 1. The van der Waals surface area contributed by atoms with Crippen molar-refractivity contribution in [2.24, 2.45) is 0 Å². The molecule has 0 N–H and O–H groups in total. The Morgan fingerprint density at radius 3 is 2.33 bits per heavy atom. The Kier molecular flexibility index (Phi) is 5.52. The van der Waals surface area contributed by atoms with Crippen LogP contribution >= 0.6 is 0 Å². The number of benzene rings is 2. The Morgan fingerprint density at radius 1 is 1.00 bits per heavy atom. The minimum atomic E-state index is -0.320. The zero-order valence-electron chi connectivity index (χ0n) is 16.7. The number of rotatable bonds is 2. The van der Waals surface area contributed by atoms with Crippen molar-refractivity contribution in [1.29, 1.82) is 0 Å². The van der Waals surface area contributed by atoms with Crippen molar-refractivity contribution in [1.82, 2.24) is 0 Å². The summed E-state index contributed by atoms with van der Waals surface area (Å²) in [7, 11) is 1.39. The molecule has 2 nitrogen and oxygen atoms in total. The van der Waals surface area contributed by atoms with Crippen LogP contribution in [0, 0.1) is 10.7 Å². The molecule has 0 spiro atoms. The Morgan fingerprint density at radius 2 is 1.67 bits per heavy atom. The molecule has 0 heterocycles. The molecule has 3 rings (SSSR count). The van der Waals surface area contributed by atoms with E-state index < -0.39 is 0 Å². The first-order chi connectivity index (χ1) is 12.7. The van der Waals surface area contributed by atoms with Crippen LogP contribution in [0.5, 0.6) is 0 Å². The van der Waals surface area contributed by atoms with Gasteiger partial charge in [0.05, 0.1) is 0 Å². The van der Waals surface area contributed by atoms with Gasteiger partial charge in [-0.25, -0.2) is 0 Å². The Labute approximate surface area is 168 Å².